The third-order valence-electron chi connectivity index (χ3n) is 3.81. The average molecular weight is 354 g/mol. The van der Waals surface area contributed by atoms with Crippen molar-refractivity contribution in [3.05, 3.63) is 71.9 Å². The molecule has 0 saturated carbocycles. The highest BCUT2D eigenvalue weighted by molar-refractivity contribution is 7.92. The summed E-state index contributed by atoms with van der Waals surface area (Å²) in [6.45, 7) is 3.52. The summed E-state index contributed by atoms with van der Waals surface area (Å²) < 4.78 is 27.8. The summed E-state index contributed by atoms with van der Waals surface area (Å²) in [5, 5.41) is 9.97. The number of phenols is 1. The van der Waals surface area contributed by atoms with Crippen molar-refractivity contribution in [2.75, 3.05) is 4.72 Å². The molecule has 2 aromatic carbocycles. The van der Waals surface area contributed by atoms with Crippen molar-refractivity contribution in [3.8, 4) is 16.9 Å². The van der Waals surface area contributed by atoms with E-state index in [0.29, 0.717) is 11.1 Å². The van der Waals surface area contributed by atoms with E-state index in [1.165, 1.54) is 6.07 Å². The number of aromatic hydroxyl groups is 1. The first-order valence-electron chi connectivity index (χ1n) is 7.72. The maximum atomic E-state index is 12.6. The van der Waals surface area contributed by atoms with Gasteiger partial charge in [-0.15, -0.1) is 0 Å². The van der Waals surface area contributed by atoms with E-state index in [0.717, 1.165) is 11.3 Å². The maximum absolute atomic E-state index is 12.6. The molecule has 128 valence electrons. The number of nitrogens with zero attached hydrogens (tertiary/aromatic N) is 1. The van der Waals surface area contributed by atoms with E-state index in [1.54, 1.807) is 62.4 Å². The van der Waals surface area contributed by atoms with Gasteiger partial charge < -0.3 is 5.11 Å². The molecule has 0 aliphatic heterocycles. The van der Waals surface area contributed by atoms with Crippen molar-refractivity contribution in [2.45, 2.75) is 18.7 Å². The fraction of sp³-hybridized carbons (Fsp3) is 0.105. The number of hydrogen-bond acceptors (Lipinski definition) is 4. The number of nitrogens with one attached hydrogen (secondary N) is 1. The molecule has 3 aromatic rings. The second-order valence-corrected chi connectivity index (χ2v) is 7.42. The Morgan fingerprint density at radius 1 is 0.960 bits per heavy atom. The number of para-hydroxylation sites is 1. The van der Waals surface area contributed by atoms with Crippen LogP contribution in [0.25, 0.3) is 11.1 Å². The molecule has 0 fully saturated rings. The summed E-state index contributed by atoms with van der Waals surface area (Å²) in [4.78, 5) is 4.34. The van der Waals surface area contributed by atoms with E-state index >= 15 is 0 Å². The van der Waals surface area contributed by atoms with Crippen LogP contribution in [-0.2, 0) is 10.0 Å². The van der Waals surface area contributed by atoms with Crippen LogP contribution in [0.3, 0.4) is 0 Å². The van der Waals surface area contributed by atoms with Crippen LogP contribution >= 0.6 is 0 Å². The lowest BCUT2D eigenvalue weighted by Gasteiger charge is -2.12. The van der Waals surface area contributed by atoms with Crippen LogP contribution in [-0.4, -0.2) is 18.5 Å². The second-order valence-electron chi connectivity index (χ2n) is 5.77. The highest BCUT2D eigenvalue weighted by Crippen LogP contribution is 2.31. The first-order chi connectivity index (χ1) is 11.9. The zero-order valence-electron chi connectivity index (χ0n) is 13.9. The Bertz CT molecular complexity index is 1030. The summed E-state index contributed by atoms with van der Waals surface area (Å²) >= 11 is 0. The number of sulfonamides is 1. The van der Waals surface area contributed by atoms with Gasteiger partial charge in [0.2, 0.25) is 0 Å². The molecule has 3 rings (SSSR count). The summed E-state index contributed by atoms with van der Waals surface area (Å²) in [5.74, 6) is 0.434. The van der Waals surface area contributed by atoms with Crippen molar-refractivity contribution in [1.29, 1.82) is 0 Å². The first kappa shape index (κ1) is 17.0. The van der Waals surface area contributed by atoms with Gasteiger partial charge in [0.1, 0.15) is 11.6 Å². The zero-order chi connectivity index (χ0) is 18.0. The van der Waals surface area contributed by atoms with Gasteiger partial charge in [0.25, 0.3) is 10.0 Å². The molecular weight excluding hydrogens is 336 g/mol. The predicted molar refractivity (Wildman–Crippen MR) is 98.1 cm³/mol. The highest BCUT2D eigenvalue weighted by atomic mass is 32.2. The van der Waals surface area contributed by atoms with Crippen molar-refractivity contribution in [3.63, 3.8) is 0 Å². The number of anilines is 1. The summed E-state index contributed by atoms with van der Waals surface area (Å²) in [7, 11) is -3.74. The summed E-state index contributed by atoms with van der Waals surface area (Å²) in [5.41, 5.74) is 2.72. The predicted octanol–water partition coefficient (Wildman–Crippen LogP) is 3.87. The third-order valence-corrected chi connectivity index (χ3v) is 5.32. The smallest absolute Gasteiger partial charge is 0.263 e. The Morgan fingerprint density at radius 3 is 2.40 bits per heavy atom. The van der Waals surface area contributed by atoms with Crippen molar-refractivity contribution in [1.82, 2.24) is 4.98 Å². The molecule has 0 atom stereocenters. The Labute approximate surface area is 147 Å². The largest absolute Gasteiger partial charge is 0.507 e. The number of rotatable bonds is 4. The maximum Gasteiger partial charge on any atom is 0.263 e. The normalized spacial score (nSPS) is 11.3. The van der Waals surface area contributed by atoms with Gasteiger partial charge >= 0.3 is 0 Å². The molecule has 1 aromatic heterocycles. The molecule has 0 spiro atoms. The Morgan fingerprint density at radius 2 is 1.72 bits per heavy atom. The van der Waals surface area contributed by atoms with Gasteiger partial charge in [-0.2, -0.15) is 0 Å². The summed E-state index contributed by atoms with van der Waals surface area (Å²) in [6, 6.07) is 17.0. The minimum Gasteiger partial charge on any atom is -0.507 e. The average Bonchev–Trinajstić information content (AvgIpc) is 2.54. The third kappa shape index (κ3) is 3.64. The van der Waals surface area contributed by atoms with Crippen LogP contribution in [0.15, 0.2) is 65.6 Å². The lowest BCUT2D eigenvalue weighted by atomic mass is 10.0. The molecule has 0 radical (unpaired) electrons. The Balaban J connectivity index is 1.96. The van der Waals surface area contributed by atoms with Crippen molar-refractivity contribution in [2.24, 2.45) is 0 Å². The van der Waals surface area contributed by atoms with Gasteiger partial charge in [0.05, 0.1) is 4.90 Å². The van der Waals surface area contributed by atoms with Gasteiger partial charge in [-0.1, -0.05) is 30.3 Å². The monoisotopic (exact) mass is 354 g/mol. The lowest BCUT2D eigenvalue weighted by molar-refractivity contribution is 0.477. The number of aryl methyl sites for hydroxylation is 2. The molecule has 5 nitrogen and oxygen atoms in total. The van der Waals surface area contributed by atoms with E-state index < -0.39 is 10.0 Å². The van der Waals surface area contributed by atoms with E-state index in [9.17, 15) is 13.5 Å². The SMILES string of the molecule is Cc1cccc(NS(=O)(=O)c2ccc(-c3ccccc3O)cc2C)n1. The van der Waals surface area contributed by atoms with Crippen LogP contribution in [0, 0.1) is 13.8 Å². The van der Waals surface area contributed by atoms with Crippen molar-refractivity contribution >= 4 is 15.8 Å². The van der Waals surface area contributed by atoms with Crippen LogP contribution in [0.1, 0.15) is 11.3 Å². The number of benzene rings is 2. The molecule has 2 N–H and O–H groups in total. The Kier molecular flexibility index (Phi) is 4.46. The van der Waals surface area contributed by atoms with Gasteiger partial charge in [0, 0.05) is 11.3 Å². The summed E-state index contributed by atoms with van der Waals surface area (Å²) in [6.07, 6.45) is 0. The van der Waals surface area contributed by atoms with Gasteiger partial charge in [-0.05, 0) is 55.3 Å². The zero-order valence-corrected chi connectivity index (χ0v) is 14.7. The quantitative estimate of drug-likeness (QED) is 0.745. The lowest BCUT2D eigenvalue weighted by Crippen LogP contribution is -2.15. The fourth-order valence-electron chi connectivity index (χ4n) is 2.63. The first-order valence-corrected chi connectivity index (χ1v) is 9.20. The molecule has 6 heteroatoms. The van der Waals surface area contributed by atoms with Gasteiger partial charge in [-0.3, -0.25) is 4.72 Å². The highest BCUT2D eigenvalue weighted by Gasteiger charge is 2.18. The molecule has 0 unspecified atom stereocenters. The van der Waals surface area contributed by atoms with Gasteiger partial charge in [-0.25, -0.2) is 13.4 Å². The minimum atomic E-state index is -3.74. The van der Waals surface area contributed by atoms with E-state index in [4.69, 9.17) is 0 Å². The van der Waals surface area contributed by atoms with Crippen molar-refractivity contribution < 1.29 is 13.5 Å². The van der Waals surface area contributed by atoms with E-state index in [-0.39, 0.29) is 16.5 Å². The molecule has 0 amide bonds. The molecule has 1 heterocycles. The number of aromatic nitrogens is 1. The minimum absolute atomic E-state index is 0.152. The molecule has 0 saturated heterocycles. The standard InChI is InChI=1S/C19H18N2O3S/c1-13-12-15(16-7-3-4-8-17(16)22)10-11-18(13)25(23,24)21-19-9-5-6-14(2)20-19/h3-12,22H,1-2H3,(H,20,21). The molecule has 0 bridgehead atoms. The van der Waals surface area contributed by atoms with E-state index in [1.807, 2.05) is 6.07 Å². The Hall–Kier alpha value is -2.86. The number of hydrogen-bond donors (Lipinski definition) is 2. The van der Waals surface area contributed by atoms with E-state index in [2.05, 4.69) is 9.71 Å². The fourth-order valence-corrected chi connectivity index (χ4v) is 3.86. The second kappa shape index (κ2) is 6.57. The van der Waals surface area contributed by atoms with Gasteiger partial charge in [0.15, 0.2) is 0 Å². The van der Waals surface area contributed by atoms with Crippen LogP contribution in [0.2, 0.25) is 0 Å². The molecular formula is C19H18N2O3S. The van der Waals surface area contributed by atoms with Crippen LogP contribution in [0.5, 0.6) is 5.75 Å². The van der Waals surface area contributed by atoms with Crippen LogP contribution in [0.4, 0.5) is 5.82 Å². The molecule has 25 heavy (non-hydrogen) atoms. The number of pyridine rings is 1. The molecule has 0 aliphatic carbocycles. The van der Waals surface area contributed by atoms with Crippen LogP contribution < -0.4 is 4.72 Å². The number of phenolic OH excluding ortho intramolecular Hbond substituents is 1. The topological polar surface area (TPSA) is 79.3 Å². The molecule has 0 aliphatic rings.